The van der Waals surface area contributed by atoms with Crippen molar-refractivity contribution in [3.05, 3.63) is 47.5 Å². The number of Topliss-reactive ketones (excluding diaryl/α,β-unsaturated/α-hetero) is 2. The van der Waals surface area contributed by atoms with Crippen LogP contribution in [0, 0.1) is 0 Å². The molecule has 136 valence electrons. The predicted octanol–water partition coefficient (Wildman–Crippen LogP) is 2.24. The van der Waals surface area contributed by atoms with Crippen LogP contribution in [0.3, 0.4) is 0 Å². The fraction of sp³-hybridized carbons (Fsp3) is 0.300. The molecule has 2 aliphatic heterocycles. The van der Waals surface area contributed by atoms with Crippen molar-refractivity contribution in [3.63, 3.8) is 0 Å². The molecule has 7 heteroatoms. The predicted molar refractivity (Wildman–Crippen MR) is 93.7 cm³/mol. The van der Waals surface area contributed by atoms with Crippen molar-refractivity contribution >= 4 is 33.9 Å². The molecule has 2 fully saturated rings. The smallest absolute Gasteiger partial charge is 0.313 e. The number of carbonyl (C=O) groups is 2. The number of ether oxygens (including phenoxy) is 3. The van der Waals surface area contributed by atoms with Crippen LogP contribution in [0.2, 0.25) is 0 Å². The molecule has 6 nitrogen and oxygen atoms in total. The number of aliphatic hydroxyl groups is 1. The van der Waals surface area contributed by atoms with Gasteiger partial charge in [0.25, 0.3) is 0 Å². The molecule has 0 bridgehead atoms. The van der Waals surface area contributed by atoms with Crippen LogP contribution < -0.4 is 9.47 Å². The number of carbonyl (C=O) groups excluding carboxylic acids is 2. The fourth-order valence-corrected chi connectivity index (χ4v) is 5.10. The lowest BCUT2D eigenvalue weighted by Gasteiger charge is -2.44. The Labute approximate surface area is 158 Å². The molecule has 27 heavy (non-hydrogen) atoms. The van der Waals surface area contributed by atoms with E-state index in [1.165, 1.54) is 6.08 Å². The van der Waals surface area contributed by atoms with Crippen molar-refractivity contribution in [3.8, 4) is 11.5 Å². The van der Waals surface area contributed by atoms with Crippen LogP contribution in [0.5, 0.6) is 11.5 Å². The summed E-state index contributed by atoms with van der Waals surface area (Å²) in [5.41, 5.74) is -3.50. The van der Waals surface area contributed by atoms with Crippen molar-refractivity contribution < 1.29 is 28.9 Å². The lowest BCUT2D eigenvalue weighted by molar-refractivity contribution is -0.163. The van der Waals surface area contributed by atoms with E-state index in [0.717, 1.165) is 10.8 Å². The van der Waals surface area contributed by atoms with Gasteiger partial charge in [-0.1, -0.05) is 35.9 Å². The Balaban J connectivity index is 1.64. The minimum absolute atomic E-state index is 0.0575. The second-order valence-electron chi connectivity index (χ2n) is 7.30. The van der Waals surface area contributed by atoms with Crippen LogP contribution >= 0.6 is 11.6 Å². The lowest BCUT2D eigenvalue weighted by atomic mass is 9.67. The van der Waals surface area contributed by atoms with Gasteiger partial charge in [0.2, 0.25) is 17.0 Å². The first kappa shape index (κ1) is 15.6. The second-order valence-corrected chi connectivity index (χ2v) is 7.71. The summed E-state index contributed by atoms with van der Waals surface area (Å²) in [5, 5.41) is 12.1. The standard InChI is InChI=1S/C20H13ClO6/c21-11-9-18(20-15(23)8-7-14(22)19(20,27-20)17(11)24)25-12-5-1-3-10-4-2-6-13(26-18)16(10)12/h1-6,9,14,22H,7-8H2/t14-,19-,20+/m0/s1. The monoisotopic (exact) mass is 384 g/mol. The number of aliphatic hydroxyl groups excluding tert-OH is 1. The topological polar surface area (TPSA) is 85.4 Å². The van der Waals surface area contributed by atoms with Crippen LogP contribution in [0.15, 0.2) is 47.5 Å². The molecule has 0 radical (unpaired) electrons. The Bertz CT molecular complexity index is 1070. The van der Waals surface area contributed by atoms with Gasteiger partial charge >= 0.3 is 5.79 Å². The zero-order chi connectivity index (χ0) is 18.6. The van der Waals surface area contributed by atoms with Crippen LogP contribution in [0.4, 0.5) is 0 Å². The van der Waals surface area contributed by atoms with E-state index in [2.05, 4.69) is 0 Å². The Morgan fingerprint density at radius 2 is 1.74 bits per heavy atom. The van der Waals surface area contributed by atoms with Crippen molar-refractivity contribution in [2.45, 2.75) is 35.9 Å². The molecule has 1 saturated carbocycles. The first-order chi connectivity index (χ1) is 13.0. The Hall–Kier alpha value is -2.41. The third kappa shape index (κ3) is 1.50. The number of rotatable bonds is 0. The highest BCUT2D eigenvalue weighted by atomic mass is 35.5. The Morgan fingerprint density at radius 3 is 2.41 bits per heavy atom. The summed E-state index contributed by atoms with van der Waals surface area (Å²) in [4.78, 5) is 25.8. The molecule has 2 aromatic carbocycles. The molecule has 1 saturated heterocycles. The summed E-state index contributed by atoms with van der Waals surface area (Å²) in [6, 6.07) is 11.0. The van der Waals surface area contributed by atoms with Crippen molar-refractivity contribution in [2.75, 3.05) is 0 Å². The summed E-state index contributed by atoms with van der Waals surface area (Å²) >= 11 is 6.21. The highest BCUT2D eigenvalue weighted by Crippen LogP contribution is 2.67. The molecule has 0 aromatic heterocycles. The SMILES string of the molecule is O=C1C(Cl)=CC2(Oc3cccc4cccc(c34)O2)[C@@]23O[C@@]12[C@@H](O)CCC3=O. The summed E-state index contributed by atoms with van der Waals surface area (Å²) in [6.45, 7) is 0. The first-order valence-electron chi connectivity index (χ1n) is 8.70. The highest BCUT2D eigenvalue weighted by molar-refractivity contribution is 6.45. The Morgan fingerprint density at radius 1 is 1.07 bits per heavy atom. The van der Waals surface area contributed by atoms with Gasteiger partial charge in [0.05, 0.1) is 16.5 Å². The molecule has 1 N–H and O–H groups in total. The average Bonchev–Trinajstić information content (AvgIpc) is 3.39. The summed E-state index contributed by atoms with van der Waals surface area (Å²) in [5.74, 6) is -1.71. The second kappa shape index (κ2) is 4.52. The third-order valence-corrected chi connectivity index (χ3v) is 6.30. The van der Waals surface area contributed by atoms with Crippen molar-refractivity contribution in [1.29, 1.82) is 0 Å². The maximum atomic E-state index is 13.0. The van der Waals surface area contributed by atoms with Crippen LogP contribution in [-0.4, -0.2) is 39.8 Å². The molecular formula is C20H13ClO6. The summed E-state index contributed by atoms with van der Waals surface area (Å²) in [6.07, 6.45) is 0.315. The number of halogens is 1. The van der Waals surface area contributed by atoms with E-state index < -0.39 is 28.9 Å². The van der Waals surface area contributed by atoms with E-state index in [1.807, 2.05) is 24.3 Å². The van der Waals surface area contributed by atoms with Gasteiger partial charge in [0, 0.05) is 12.5 Å². The minimum Gasteiger partial charge on any atom is -0.445 e. The average molecular weight is 385 g/mol. The number of hydrogen-bond donors (Lipinski definition) is 1. The van der Waals surface area contributed by atoms with Crippen molar-refractivity contribution in [2.24, 2.45) is 0 Å². The molecular weight excluding hydrogens is 372 g/mol. The van der Waals surface area contributed by atoms with E-state index in [9.17, 15) is 14.7 Å². The van der Waals surface area contributed by atoms with E-state index in [1.54, 1.807) is 12.1 Å². The van der Waals surface area contributed by atoms with Gasteiger partial charge in [-0.05, 0) is 23.9 Å². The number of hydrogen-bond acceptors (Lipinski definition) is 6. The molecule has 3 atom stereocenters. The maximum Gasteiger partial charge on any atom is 0.313 e. The van der Waals surface area contributed by atoms with Gasteiger partial charge in [0.15, 0.2) is 5.78 Å². The normalized spacial score (nSPS) is 35.0. The van der Waals surface area contributed by atoms with E-state index >= 15 is 0 Å². The Kier molecular flexibility index (Phi) is 2.62. The van der Waals surface area contributed by atoms with E-state index in [0.29, 0.717) is 11.5 Å². The molecule has 6 rings (SSSR count). The van der Waals surface area contributed by atoms with E-state index in [-0.39, 0.29) is 23.7 Å². The zero-order valence-corrected chi connectivity index (χ0v) is 14.7. The third-order valence-electron chi connectivity index (χ3n) is 6.02. The lowest BCUT2D eigenvalue weighted by Crippen LogP contribution is -2.68. The van der Waals surface area contributed by atoms with Crippen LogP contribution in [-0.2, 0) is 14.3 Å². The fourth-order valence-electron chi connectivity index (χ4n) is 4.82. The summed E-state index contributed by atoms with van der Waals surface area (Å²) < 4.78 is 18.2. The molecule has 1 spiro atoms. The molecule has 2 aromatic rings. The molecule has 4 aliphatic rings. The van der Waals surface area contributed by atoms with Gasteiger partial charge in [-0.25, -0.2) is 0 Å². The zero-order valence-electron chi connectivity index (χ0n) is 13.9. The number of benzene rings is 2. The number of epoxide rings is 1. The van der Waals surface area contributed by atoms with Gasteiger partial charge in [-0.15, -0.1) is 0 Å². The molecule has 2 heterocycles. The highest BCUT2D eigenvalue weighted by Gasteiger charge is 2.93. The van der Waals surface area contributed by atoms with Gasteiger partial charge < -0.3 is 19.3 Å². The quantitative estimate of drug-likeness (QED) is 0.701. The van der Waals surface area contributed by atoms with Crippen molar-refractivity contribution in [1.82, 2.24) is 0 Å². The largest absolute Gasteiger partial charge is 0.445 e. The van der Waals surface area contributed by atoms with Crippen LogP contribution in [0.25, 0.3) is 10.8 Å². The number of ketones is 2. The first-order valence-corrected chi connectivity index (χ1v) is 9.07. The summed E-state index contributed by atoms with van der Waals surface area (Å²) in [7, 11) is 0. The van der Waals surface area contributed by atoms with Crippen LogP contribution in [0.1, 0.15) is 12.8 Å². The van der Waals surface area contributed by atoms with Gasteiger partial charge in [-0.2, -0.15) is 0 Å². The minimum atomic E-state index is -1.76. The van der Waals surface area contributed by atoms with Gasteiger partial charge in [-0.3, -0.25) is 9.59 Å². The molecule has 0 amide bonds. The maximum absolute atomic E-state index is 13.0. The molecule has 0 unspecified atom stereocenters. The molecule has 2 aliphatic carbocycles. The van der Waals surface area contributed by atoms with E-state index in [4.69, 9.17) is 25.8 Å². The van der Waals surface area contributed by atoms with Gasteiger partial charge in [0.1, 0.15) is 11.5 Å².